The Morgan fingerprint density at radius 2 is 1.38 bits per heavy atom. The van der Waals surface area contributed by atoms with Gasteiger partial charge in [0.2, 0.25) is 0 Å². The summed E-state index contributed by atoms with van der Waals surface area (Å²) < 4.78 is 0. The van der Waals surface area contributed by atoms with Gasteiger partial charge in [-0.25, -0.2) is 0 Å². The van der Waals surface area contributed by atoms with Crippen molar-refractivity contribution in [2.45, 2.75) is 36.5 Å². The van der Waals surface area contributed by atoms with E-state index >= 15 is 0 Å². The van der Waals surface area contributed by atoms with Crippen LogP contribution in [0.1, 0.15) is 37.3 Å². The summed E-state index contributed by atoms with van der Waals surface area (Å²) in [7, 11) is 0. The number of rotatable bonds is 3. The van der Waals surface area contributed by atoms with Crippen molar-refractivity contribution in [1.29, 1.82) is 0 Å². The Labute approximate surface area is 149 Å². The maximum absolute atomic E-state index is 2.70. The molecule has 2 aromatic rings. The van der Waals surface area contributed by atoms with Gasteiger partial charge < -0.3 is 0 Å². The number of hydrogen-bond acceptors (Lipinski definition) is 2. The highest BCUT2D eigenvalue weighted by molar-refractivity contribution is 8.03. The number of nitrogens with zero attached hydrogens (tertiary/aromatic N) is 1. The molecular weight excluding hydrogens is 310 g/mol. The second kappa shape index (κ2) is 6.42. The molecule has 2 heteroatoms. The molecule has 0 bridgehead atoms. The van der Waals surface area contributed by atoms with Gasteiger partial charge in [0.25, 0.3) is 0 Å². The van der Waals surface area contributed by atoms with Crippen LogP contribution in [0.15, 0.2) is 72.1 Å². The summed E-state index contributed by atoms with van der Waals surface area (Å²) in [6.45, 7) is 4.72. The van der Waals surface area contributed by atoms with E-state index < -0.39 is 0 Å². The van der Waals surface area contributed by atoms with Crippen molar-refractivity contribution >= 4 is 11.8 Å². The van der Waals surface area contributed by atoms with Gasteiger partial charge in [0.05, 0.1) is 4.87 Å². The summed E-state index contributed by atoms with van der Waals surface area (Å²) in [5, 5.41) is 2.27. The molecule has 2 heterocycles. The van der Waals surface area contributed by atoms with Gasteiger partial charge in [-0.2, -0.15) is 0 Å². The van der Waals surface area contributed by atoms with Gasteiger partial charge in [-0.15, -0.1) is 11.8 Å². The summed E-state index contributed by atoms with van der Waals surface area (Å²) in [5.41, 5.74) is 3.10. The second-order valence-corrected chi connectivity index (χ2v) is 8.56. The molecule has 1 nitrogen and oxygen atoms in total. The number of hydrogen-bond donors (Lipinski definition) is 0. The highest BCUT2D eigenvalue weighted by Gasteiger charge is 2.42. The van der Waals surface area contributed by atoms with Gasteiger partial charge >= 0.3 is 0 Å². The van der Waals surface area contributed by atoms with Crippen molar-refractivity contribution in [3.05, 3.63) is 83.3 Å². The predicted octanol–water partition coefficient (Wildman–Crippen LogP) is 5.44. The lowest BCUT2D eigenvalue weighted by Gasteiger charge is -2.48. The summed E-state index contributed by atoms with van der Waals surface area (Å²) in [4.78, 5) is 2.96. The lowest BCUT2D eigenvalue weighted by atomic mass is 9.68. The molecule has 0 amide bonds. The molecule has 0 saturated carbocycles. The van der Waals surface area contributed by atoms with Crippen molar-refractivity contribution in [2.75, 3.05) is 13.1 Å². The zero-order valence-corrected chi connectivity index (χ0v) is 15.1. The van der Waals surface area contributed by atoms with Crippen LogP contribution in [0.4, 0.5) is 0 Å². The Balaban J connectivity index is 1.65. The average molecular weight is 336 g/mol. The molecular formula is C22H25NS. The fraction of sp³-hybridized carbons (Fsp3) is 0.364. The van der Waals surface area contributed by atoms with Gasteiger partial charge in [-0.1, -0.05) is 66.7 Å². The van der Waals surface area contributed by atoms with Crippen LogP contribution in [0.5, 0.6) is 0 Å². The maximum Gasteiger partial charge on any atom is 0.0717 e. The Kier molecular flexibility index (Phi) is 4.28. The summed E-state index contributed by atoms with van der Waals surface area (Å²) in [5.74, 6) is 0. The fourth-order valence-corrected chi connectivity index (χ4v) is 5.34. The van der Waals surface area contributed by atoms with Crippen molar-refractivity contribution in [3.63, 3.8) is 0 Å². The first-order chi connectivity index (χ1) is 11.7. The Bertz CT molecular complexity index is 650. The first kappa shape index (κ1) is 16.0. The van der Waals surface area contributed by atoms with Gasteiger partial charge in [0.1, 0.15) is 0 Å². The Hall–Kier alpha value is -1.51. The van der Waals surface area contributed by atoms with E-state index in [1.54, 1.807) is 0 Å². The van der Waals surface area contributed by atoms with Crippen molar-refractivity contribution in [2.24, 2.45) is 0 Å². The van der Waals surface area contributed by atoms with E-state index in [0.717, 1.165) is 13.1 Å². The molecule has 2 aliphatic rings. The molecule has 0 aliphatic carbocycles. The zero-order chi connectivity index (χ0) is 16.5. The van der Waals surface area contributed by atoms with Gasteiger partial charge in [-0.05, 0) is 42.7 Å². The van der Waals surface area contributed by atoms with Crippen LogP contribution in [-0.2, 0) is 5.41 Å². The lowest BCUT2D eigenvalue weighted by Crippen LogP contribution is -2.51. The quantitative estimate of drug-likeness (QED) is 0.735. The monoisotopic (exact) mass is 335 g/mol. The zero-order valence-electron chi connectivity index (χ0n) is 14.3. The number of benzene rings is 2. The minimum Gasteiger partial charge on any atom is -0.289 e. The topological polar surface area (TPSA) is 3.24 Å². The van der Waals surface area contributed by atoms with E-state index in [9.17, 15) is 0 Å². The summed E-state index contributed by atoms with van der Waals surface area (Å²) >= 11 is 1.99. The van der Waals surface area contributed by atoms with E-state index in [2.05, 4.69) is 84.0 Å². The summed E-state index contributed by atoms with van der Waals surface area (Å²) in [6.07, 6.45) is 5.87. The van der Waals surface area contributed by atoms with Crippen LogP contribution in [0.25, 0.3) is 0 Å². The third-order valence-electron chi connectivity index (χ3n) is 5.85. The van der Waals surface area contributed by atoms with Gasteiger partial charge in [0, 0.05) is 18.5 Å². The molecule has 0 spiro atoms. The standard InChI is InChI=1S/C22H25NS/c1-21(13-8-18-24-21)23-16-14-22(15-17-23,19-9-4-2-5-10-19)20-11-6-3-7-12-20/h2-12,18H,13-17H2,1H3. The van der Waals surface area contributed by atoms with E-state index in [1.807, 2.05) is 11.8 Å². The lowest BCUT2D eigenvalue weighted by molar-refractivity contribution is 0.120. The molecule has 4 rings (SSSR count). The van der Waals surface area contributed by atoms with Crippen molar-refractivity contribution in [1.82, 2.24) is 4.90 Å². The number of thioether (sulfide) groups is 1. The van der Waals surface area contributed by atoms with E-state index in [0.29, 0.717) is 0 Å². The molecule has 124 valence electrons. The molecule has 0 aromatic heterocycles. The first-order valence-corrected chi connectivity index (χ1v) is 9.80. The fourth-order valence-electron chi connectivity index (χ4n) is 4.33. The van der Waals surface area contributed by atoms with Gasteiger partial charge in [0.15, 0.2) is 0 Å². The molecule has 2 aliphatic heterocycles. The van der Waals surface area contributed by atoms with Crippen LogP contribution in [0.3, 0.4) is 0 Å². The largest absolute Gasteiger partial charge is 0.289 e. The van der Waals surface area contributed by atoms with Gasteiger partial charge in [-0.3, -0.25) is 4.90 Å². The minimum absolute atomic E-state index is 0.159. The molecule has 0 radical (unpaired) electrons. The summed E-state index contributed by atoms with van der Waals surface area (Å²) in [6, 6.07) is 22.3. The van der Waals surface area contributed by atoms with Crippen LogP contribution in [0, 0.1) is 0 Å². The molecule has 1 atom stereocenters. The number of likely N-dealkylation sites (tertiary alicyclic amines) is 1. The third-order valence-corrected chi connectivity index (χ3v) is 7.11. The average Bonchev–Trinajstić information content (AvgIpc) is 3.11. The molecule has 24 heavy (non-hydrogen) atoms. The minimum atomic E-state index is 0.159. The van der Waals surface area contributed by atoms with Crippen LogP contribution in [-0.4, -0.2) is 22.9 Å². The van der Waals surface area contributed by atoms with Crippen LogP contribution >= 0.6 is 11.8 Å². The van der Waals surface area contributed by atoms with Crippen LogP contribution < -0.4 is 0 Å². The highest BCUT2D eigenvalue weighted by atomic mass is 32.2. The maximum atomic E-state index is 2.70. The highest BCUT2D eigenvalue weighted by Crippen LogP contribution is 2.46. The van der Waals surface area contributed by atoms with E-state index in [-0.39, 0.29) is 10.3 Å². The molecule has 1 fully saturated rings. The molecule has 1 saturated heterocycles. The second-order valence-electron chi connectivity index (χ2n) is 7.17. The molecule has 1 unspecified atom stereocenters. The Morgan fingerprint density at radius 3 is 1.83 bits per heavy atom. The van der Waals surface area contributed by atoms with Crippen molar-refractivity contribution < 1.29 is 0 Å². The van der Waals surface area contributed by atoms with Crippen LogP contribution in [0.2, 0.25) is 0 Å². The third kappa shape index (κ3) is 2.72. The normalized spacial score (nSPS) is 26.5. The molecule has 0 N–H and O–H groups in total. The van der Waals surface area contributed by atoms with E-state index in [1.165, 1.54) is 30.4 Å². The SMILES string of the molecule is CC1(N2CCC(c3ccccc3)(c3ccccc3)CC2)CC=CS1. The Morgan fingerprint density at radius 1 is 0.833 bits per heavy atom. The predicted molar refractivity (Wildman–Crippen MR) is 104 cm³/mol. The molecule has 2 aromatic carbocycles. The number of piperidine rings is 1. The first-order valence-electron chi connectivity index (χ1n) is 8.92. The van der Waals surface area contributed by atoms with Crippen molar-refractivity contribution in [3.8, 4) is 0 Å². The smallest absolute Gasteiger partial charge is 0.0717 e. The van der Waals surface area contributed by atoms with E-state index in [4.69, 9.17) is 0 Å².